The second-order valence-electron chi connectivity index (χ2n) is 4.62. The lowest BCUT2D eigenvalue weighted by atomic mass is 10.1. The average molecular weight is 275 g/mol. The van der Waals surface area contributed by atoms with Crippen molar-refractivity contribution in [2.24, 2.45) is 0 Å². The van der Waals surface area contributed by atoms with Crippen molar-refractivity contribution in [2.75, 3.05) is 0 Å². The Kier molecular flexibility index (Phi) is 3.50. The lowest BCUT2D eigenvalue weighted by molar-refractivity contribution is 0.278. The van der Waals surface area contributed by atoms with Crippen LogP contribution in [0.15, 0.2) is 54.6 Å². The number of aromatic nitrogens is 2. The fourth-order valence-corrected chi connectivity index (χ4v) is 2.21. The van der Waals surface area contributed by atoms with Crippen molar-refractivity contribution in [3.05, 3.63) is 65.9 Å². The molecule has 0 bridgehead atoms. The summed E-state index contributed by atoms with van der Waals surface area (Å²) >= 11 is 0. The van der Waals surface area contributed by atoms with Gasteiger partial charge in [0.05, 0.1) is 29.6 Å². The molecule has 3 aromatic rings. The van der Waals surface area contributed by atoms with Gasteiger partial charge in [-0.25, -0.2) is 4.98 Å². The summed E-state index contributed by atoms with van der Waals surface area (Å²) in [6.07, 6.45) is 0. The molecule has 0 aliphatic carbocycles. The summed E-state index contributed by atoms with van der Waals surface area (Å²) in [6.45, 7) is -0.128. The Hall–Kier alpha value is -2.90. The molecular weight excluding hydrogens is 262 g/mol. The minimum absolute atomic E-state index is 0.128. The van der Waals surface area contributed by atoms with Gasteiger partial charge >= 0.3 is 0 Å². The third-order valence-corrected chi connectivity index (χ3v) is 3.28. The van der Waals surface area contributed by atoms with E-state index in [4.69, 9.17) is 5.26 Å². The Morgan fingerprint density at radius 3 is 2.33 bits per heavy atom. The zero-order chi connectivity index (χ0) is 14.7. The molecule has 21 heavy (non-hydrogen) atoms. The summed E-state index contributed by atoms with van der Waals surface area (Å²) < 4.78 is 0. The van der Waals surface area contributed by atoms with E-state index in [1.165, 1.54) is 0 Å². The van der Waals surface area contributed by atoms with E-state index in [-0.39, 0.29) is 6.61 Å². The maximum atomic E-state index is 9.50. The van der Waals surface area contributed by atoms with Crippen LogP contribution in [0.5, 0.6) is 0 Å². The largest absolute Gasteiger partial charge is 0.390 e. The molecule has 4 heteroatoms. The zero-order valence-electron chi connectivity index (χ0n) is 11.2. The minimum atomic E-state index is -0.128. The molecule has 0 unspecified atom stereocenters. The molecule has 0 spiro atoms. The van der Waals surface area contributed by atoms with Gasteiger partial charge in [0, 0.05) is 5.56 Å². The average Bonchev–Trinajstić information content (AvgIpc) is 3.00. The number of nitriles is 1. The van der Waals surface area contributed by atoms with E-state index in [0.717, 1.165) is 16.8 Å². The van der Waals surface area contributed by atoms with Crippen molar-refractivity contribution < 1.29 is 5.11 Å². The number of aliphatic hydroxyl groups excluding tert-OH is 1. The van der Waals surface area contributed by atoms with Gasteiger partial charge in [0.15, 0.2) is 0 Å². The van der Waals surface area contributed by atoms with Gasteiger partial charge in [-0.05, 0) is 29.8 Å². The normalized spacial score (nSPS) is 10.3. The van der Waals surface area contributed by atoms with E-state index in [9.17, 15) is 5.11 Å². The van der Waals surface area contributed by atoms with Crippen LogP contribution in [-0.2, 0) is 6.61 Å². The van der Waals surface area contributed by atoms with Gasteiger partial charge in [0.25, 0.3) is 0 Å². The maximum Gasteiger partial charge on any atom is 0.138 e. The first-order valence-corrected chi connectivity index (χ1v) is 6.57. The molecule has 0 saturated heterocycles. The Labute approximate surface area is 122 Å². The van der Waals surface area contributed by atoms with Crippen molar-refractivity contribution >= 4 is 0 Å². The molecule has 2 N–H and O–H groups in total. The SMILES string of the molecule is N#Cc1ccc(-c2nc(CO)c(-c3ccccc3)[nH]2)cc1. The van der Waals surface area contributed by atoms with Crippen LogP contribution in [0.2, 0.25) is 0 Å². The van der Waals surface area contributed by atoms with E-state index >= 15 is 0 Å². The fraction of sp³-hybridized carbons (Fsp3) is 0.0588. The smallest absolute Gasteiger partial charge is 0.138 e. The quantitative estimate of drug-likeness (QED) is 0.771. The van der Waals surface area contributed by atoms with Gasteiger partial charge in [-0.2, -0.15) is 5.26 Å². The van der Waals surface area contributed by atoms with Gasteiger partial charge in [0.1, 0.15) is 5.82 Å². The van der Waals surface area contributed by atoms with E-state index in [2.05, 4.69) is 16.0 Å². The molecule has 0 aliphatic rings. The number of nitrogens with zero attached hydrogens (tertiary/aromatic N) is 2. The van der Waals surface area contributed by atoms with Crippen LogP contribution >= 0.6 is 0 Å². The van der Waals surface area contributed by atoms with E-state index in [0.29, 0.717) is 17.1 Å². The Balaban J connectivity index is 2.05. The van der Waals surface area contributed by atoms with Crippen LogP contribution in [0, 0.1) is 11.3 Å². The fourth-order valence-electron chi connectivity index (χ4n) is 2.21. The summed E-state index contributed by atoms with van der Waals surface area (Å²) in [6, 6.07) is 19.0. The van der Waals surface area contributed by atoms with E-state index in [1.54, 1.807) is 12.1 Å². The Bertz CT molecular complexity index is 783. The van der Waals surface area contributed by atoms with Crippen molar-refractivity contribution in [3.8, 4) is 28.7 Å². The minimum Gasteiger partial charge on any atom is -0.390 e. The van der Waals surface area contributed by atoms with Gasteiger partial charge in [0.2, 0.25) is 0 Å². The summed E-state index contributed by atoms with van der Waals surface area (Å²) in [5.41, 5.74) is 3.90. The lowest BCUT2D eigenvalue weighted by Gasteiger charge is -1.99. The first kappa shape index (κ1) is 13.1. The number of nitrogens with one attached hydrogen (secondary N) is 1. The predicted octanol–water partition coefficient (Wildman–Crippen LogP) is 3.11. The molecule has 0 saturated carbocycles. The highest BCUT2D eigenvalue weighted by Gasteiger charge is 2.12. The molecule has 2 aromatic carbocycles. The molecule has 0 fully saturated rings. The highest BCUT2D eigenvalue weighted by atomic mass is 16.3. The number of aromatic amines is 1. The molecule has 0 aliphatic heterocycles. The summed E-state index contributed by atoms with van der Waals surface area (Å²) in [5.74, 6) is 0.683. The number of hydrogen-bond acceptors (Lipinski definition) is 3. The molecule has 1 aromatic heterocycles. The summed E-state index contributed by atoms with van der Waals surface area (Å²) in [7, 11) is 0. The highest BCUT2D eigenvalue weighted by molar-refractivity contribution is 5.67. The molecular formula is C17H13N3O. The number of rotatable bonds is 3. The maximum absolute atomic E-state index is 9.50. The number of H-pyrrole nitrogens is 1. The van der Waals surface area contributed by atoms with Crippen LogP contribution in [0.25, 0.3) is 22.6 Å². The third-order valence-electron chi connectivity index (χ3n) is 3.28. The summed E-state index contributed by atoms with van der Waals surface area (Å²) in [4.78, 5) is 7.69. The molecule has 0 amide bonds. The van der Waals surface area contributed by atoms with Gasteiger partial charge < -0.3 is 10.1 Å². The topological polar surface area (TPSA) is 72.7 Å². The van der Waals surface area contributed by atoms with Crippen molar-refractivity contribution in [3.63, 3.8) is 0 Å². The third kappa shape index (κ3) is 2.55. The number of hydrogen-bond donors (Lipinski definition) is 2. The molecule has 102 valence electrons. The molecule has 3 rings (SSSR count). The van der Waals surface area contributed by atoms with Crippen LogP contribution < -0.4 is 0 Å². The number of aliphatic hydroxyl groups is 1. The van der Waals surface area contributed by atoms with Gasteiger partial charge in [-0.3, -0.25) is 0 Å². The number of imidazole rings is 1. The molecule has 1 heterocycles. The van der Waals surface area contributed by atoms with Crippen LogP contribution in [0.3, 0.4) is 0 Å². The first-order valence-electron chi connectivity index (χ1n) is 6.57. The van der Waals surface area contributed by atoms with Crippen molar-refractivity contribution in [2.45, 2.75) is 6.61 Å². The van der Waals surface area contributed by atoms with Crippen LogP contribution in [0.1, 0.15) is 11.3 Å². The predicted molar refractivity (Wildman–Crippen MR) is 80.1 cm³/mol. The molecule has 0 atom stereocenters. The van der Waals surface area contributed by atoms with Crippen molar-refractivity contribution in [1.29, 1.82) is 5.26 Å². The monoisotopic (exact) mass is 275 g/mol. The van der Waals surface area contributed by atoms with E-state index in [1.807, 2.05) is 42.5 Å². The molecule has 4 nitrogen and oxygen atoms in total. The van der Waals surface area contributed by atoms with Crippen molar-refractivity contribution in [1.82, 2.24) is 9.97 Å². The second kappa shape index (κ2) is 5.61. The highest BCUT2D eigenvalue weighted by Crippen LogP contribution is 2.26. The summed E-state index contributed by atoms with van der Waals surface area (Å²) in [5, 5.41) is 18.3. The van der Waals surface area contributed by atoms with Gasteiger partial charge in [-0.15, -0.1) is 0 Å². The Morgan fingerprint density at radius 2 is 1.71 bits per heavy atom. The van der Waals surface area contributed by atoms with Gasteiger partial charge in [-0.1, -0.05) is 30.3 Å². The van der Waals surface area contributed by atoms with E-state index < -0.39 is 0 Å². The second-order valence-corrected chi connectivity index (χ2v) is 4.62. The number of benzene rings is 2. The standard InChI is InChI=1S/C17H13N3O/c18-10-12-6-8-14(9-7-12)17-19-15(11-21)16(20-17)13-4-2-1-3-5-13/h1-9,21H,11H2,(H,19,20). The Morgan fingerprint density at radius 1 is 1.00 bits per heavy atom. The zero-order valence-corrected chi connectivity index (χ0v) is 11.2. The van der Waals surface area contributed by atoms with Crippen LogP contribution in [-0.4, -0.2) is 15.1 Å². The first-order chi connectivity index (χ1) is 10.3. The molecule has 0 radical (unpaired) electrons. The lowest BCUT2D eigenvalue weighted by Crippen LogP contribution is -1.87. The van der Waals surface area contributed by atoms with Crippen LogP contribution in [0.4, 0.5) is 0 Å².